The van der Waals surface area contributed by atoms with Gasteiger partial charge in [-0.3, -0.25) is 9.69 Å². The molecule has 0 fully saturated rings. The van der Waals surface area contributed by atoms with Crippen LogP contribution >= 0.6 is 0 Å². The molecule has 0 unspecified atom stereocenters. The van der Waals surface area contributed by atoms with E-state index in [0.717, 1.165) is 42.9 Å². The Morgan fingerprint density at radius 1 is 1.00 bits per heavy atom. The molecule has 2 heterocycles. The number of para-hydroxylation sites is 1. The van der Waals surface area contributed by atoms with Crippen molar-refractivity contribution >= 4 is 16.8 Å². The van der Waals surface area contributed by atoms with E-state index in [1.807, 2.05) is 36.5 Å². The molecule has 1 aromatic heterocycles. The lowest BCUT2D eigenvalue weighted by atomic mass is 9.99. The van der Waals surface area contributed by atoms with E-state index in [4.69, 9.17) is 9.47 Å². The Kier molecular flexibility index (Phi) is 9.53. The van der Waals surface area contributed by atoms with E-state index in [0.29, 0.717) is 44.3 Å². The van der Waals surface area contributed by atoms with Gasteiger partial charge in [0.05, 0.1) is 13.2 Å². The van der Waals surface area contributed by atoms with Gasteiger partial charge in [-0.15, -0.1) is 0 Å². The topological polar surface area (TPSA) is 66.6 Å². The number of carbonyl (C=O) groups is 1. The second kappa shape index (κ2) is 13.6. The first-order valence-corrected chi connectivity index (χ1v) is 14.5. The highest BCUT2D eigenvalue weighted by Crippen LogP contribution is 2.25. The summed E-state index contributed by atoms with van der Waals surface area (Å²) in [5.74, 6) is 1.41. The summed E-state index contributed by atoms with van der Waals surface area (Å²) in [5, 5.41) is 4.31. The van der Waals surface area contributed by atoms with Crippen LogP contribution in [0.1, 0.15) is 52.9 Å². The molecule has 0 atom stereocenters. The van der Waals surface area contributed by atoms with E-state index in [1.165, 1.54) is 28.5 Å². The summed E-state index contributed by atoms with van der Waals surface area (Å²) >= 11 is 0. The molecule has 2 N–H and O–H groups in total. The molecule has 1 amide bonds. The van der Waals surface area contributed by atoms with Crippen molar-refractivity contribution in [3.8, 4) is 5.75 Å². The number of amides is 1. The molecule has 1 aliphatic heterocycles. The maximum absolute atomic E-state index is 13.1. The van der Waals surface area contributed by atoms with Gasteiger partial charge in [-0.25, -0.2) is 0 Å². The molecule has 0 spiro atoms. The molecule has 0 saturated carbocycles. The van der Waals surface area contributed by atoms with Gasteiger partial charge in [-0.2, -0.15) is 0 Å². The number of hydrogen-bond donors (Lipinski definition) is 2. The minimum Gasteiger partial charge on any atom is -0.491 e. The van der Waals surface area contributed by atoms with Gasteiger partial charge in [-0.1, -0.05) is 56.3 Å². The summed E-state index contributed by atoms with van der Waals surface area (Å²) in [4.78, 5) is 18.9. The summed E-state index contributed by atoms with van der Waals surface area (Å²) in [5.41, 5.74) is 6.50. The predicted molar refractivity (Wildman–Crippen MR) is 161 cm³/mol. The number of H-pyrrole nitrogens is 1. The van der Waals surface area contributed by atoms with Gasteiger partial charge >= 0.3 is 0 Å². The second-order valence-electron chi connectivity index (χ2n) is 11.1. The molecule has 0 radical (unpaired) electrons. The number of ether oxygens (including phenoxy) is 2. The maximum Gasteiger partial charge on any atom is 0.251 e. The predicted octanol–water partition coefficient (Wildman–Crippen LogP) is 5.99. The van der Waals surface area contributed by atoms with Crippen LogP contribution in [-0.4, -0.2) is 55.2 Å². The molecule has 1 aliphatic rings. The number of benzene rings is 3. The van der Waals surface area contributed by atoms with Crippen LogP contribution in [0.5, 0.6) is 5.75 Å². The van der Waals surface area contributed by atoms with Crippen LogP contribution in [0.3, 0.4) is 0 Å². The molecule has 0 aliphatic carbocycles. The number of aromatic amines is 1. The van der Waals surface area contributed by atoms with Crippen molar-refractivity contribution in [2.75, 3.05) is 39.5 Å². The summed E-state index contributed by atoms with van der Waals surface area (Å²) in [6.45, 7) is 9.70. The Labute approximate surface area is 237 Å². The molecular formula is C34H41N3O3. The second-order valence-corrected chi connectivity index (χ2v) is 11.1. The molecular weight excluding hydrogens is 498 g/mol. The van der Waals surface area contributed by atoms with E-state index in [9.17, 15) is 4.79 Å². The van der Waals surface area contributed by atoms with Crippen molar-refractivity contribution in [2.24, 2.45) is 5.92 Å². The maximum atomic E-state index is 13.1. The Bertz CT molecular complexity index is 1410. The van der Waals surface area contributed by atoms with Gasteiger partial charge in [0.1, 0.15) is 12.4 Å². The average Bonchev–Trinajstić information content (AvgIpc) is 3.36. The minimum absolute atomic E-state index is 0.0695. The highest BCUT2D eigenvalue weighted by Gasteiger charge is 2.14. The zero-order valence-electron chi connectivity index (χ0n) is 23.7. The fourth-order valence-corrected chi connectivity index (χ4v) is 5.28. The summed E-state index contributed by atoms with van der Waals surface area (Å²) in [6, 6.07) is 22.8. The van der Waals surface area contributed by atoms with E-state index < -0.39 is 0 Å². The average molecular weight is 540 g/mol. The van der Waals surface area contributed by atoms with Crippen LogP contribution in [0.25, 0.3) is 10.9 Å². The number of nitrogens with one attached hydrogen (secondary N) is 2. The first-order chi connectivity index (χ1) is 19.5. The quantitative estimate of drug-likeness (QED) is 0.303. The normalized spacial score (nSPS) is 14.9. The van der Waals surface area contributed by atoms with Gasteiger partial charge < -0.3 is 19.8 Å². The zero-order chi connectivity index (χ0) is 27.7. The SMILES string of the molecule is CC(C)CCN1CCOCCOc2ccc(C(=O)NCCc3c[nH]c4ccccc34)cc2Cc2cccc(c2)C1. The standard InChI is InChI=1S/C34H41N3O3/c1-25(2)13-15-37-16-17-39-18-19-40-33-11-10-28(22-30(33)21-26-6-5-7-27(20-26)24-37)34(38)35-14-12-29-23-36-32-9-4-3-8-31(29)32/h3-11,20,22-23,25,36H,12-19,21,24H2,1-2H3,(H,35,38). The molecule has 6 heteroatoms. The fourth-order valence-electron chi connectivity index (χ4n) is 5.28. The lowest BCUT2D eigenvalue weighted by Gasteiger charge is -2.24. The lowest BCUT2D eigenvalue weighted by Crippen LogP contribution is -2.29. The molecule has 5 rings (SSSR count). The Hall–Kier alpha value is -3.61. The van der Waals surface area contributed by atoms with Crippen molar-refractivity contribution in [3.05, 3.63) is 101 Å². The third-order valence-corrected chi connectivity index (χ3v) is 7.53. The van der Waals surface area contributed by atoms with Crippen molar-refractivity contribution < 1.29 is 14.3 Å². The zero-order valence-corrected chi connectivity index (χ0v) is 23.7. The number of rotatable bonds is 7. The highest BCUT2D eigenvalue weighted by atomic mass is 16.5. The monoisotopic (exact) mass is 539 g/mol. The number of nitrogens with zero attached hydrogens (tertiary/aromatic N) is 1. The van der Waals surface area contributed by atoms with Crippen LogP contribution in [-0.2, 0) is 24.1 Å². The molecule has 3 aromatic carbocycles. The van der Waals surface area contributed by atoms with Gasteiger partial charge in [-0.05, 0) is 71.8 Å². The molecule has 6 nitrogen and oxygen atoms in total. The van der Waals surface area contributed by atoms with E-state index >= 15 is 0 Å². The molecule has 40 heavy (non-hydrogen) atoms. The smallest absolute Gasteiger partial charge is 0.251 e. The Balaban J connectivity index is 1.29. The van der Waals surface area contributed by atoms with Crippen molar-refractivity contribution in [1.29, 1.82) is 0 Å². The minimum atomic E-state index is -0.0695. The van der Waals surface area contributed by atoms with E-state index in [-0.39, 0.29) is 5.91 Å². The van der Waals surface area contributed by atoms with Crippen LogP contribution in [0.15, 0.2) is 72.9 Å². The molecule has 210 valence electrons. The van der Waals surface area contributed by atoms with Crippen LogP contribution < -0.4 is 10.1 Å². The number of aromatic nitrogens is 1. The Morgan fingerprint density at radius 3 is 2.77 bits per heavy atom. The number of carbonyl (C=O) groups excluding carboxylic acids is 1. The largest absolute Gasteiger partial charge is 0.491 e. The molecule has 2 bridgehead atoms. The fraction of sp³-hybridized carbons (Fsp3) is 0.382. The summed E-state index contributed by atoms with van der Waals surface area (Å²) in [7, 11) is 0. The van der Waals surface area contributed by atoms with Crippen molar-refractivity contribution in [2.45, 2.75) is 39.7 Å². The first-order valence-electron chi connectivity index (χ1n) is 14.5. The first kappa shape index (κ1) is 27.9. The summed E-state index contributed by atoms with van der Waals surface area (Å²) in [6.07, 6.45) is 4.67. The highest BCUT2D eigenvalue weighted by molar-refractivity contribution is 5.94. The van der Waals surface area contributed by atoms with Gasteiger partial charge in [0.2, 0.25) is 0 Å². The van der Waals surface area contributed by atoms with Crippen LogP contribution in [0, 0.1) is 5.92 Å². The molecule has 4 aromatic rings. The lowest BCUT2D eigenvalue weighted by molar-refractivity contribution is 0.0764. The Morgan fingerprint density at radius 2 is 1.88 bits per heavy atom. The van der Waals surface area contributed by atoms with Crippen LogP contribution in [0.4, 0.5) is 0 Å². The summed E-state index contributed by atoms with van der Waals surface area (Å²) < 4.78 is 12.1. The van der Waals surface area contributed by atoms with Gasteiger partial charge in [0, 0.05) is 48.7 Å². The number of hydrogen-bond acceptors (Lipinski definition) is 4. The van der Waals surface area contributed by atoms with Gasteiger partial charge in [0.25, 0.3) is 5.91 Å². The van der Waals surface area contributed by atoms with Crippen molar-refractivity contribution in [1.82, 2.24) is 15.2 Å². The third kappa shape index (κ3) is 7.52. The van der Waals surface area contributed by atoms with Crippen molar-refractivity contribution in [3.63, 3.8) is 0 Å². The number of fused-ring (bicyclic) bond motifs is 4. The molecule has 0 saturated heterocycles. The third-order valence-electron chi connectivity index (χ3n) is 7.53. The van der Waals surface area contributed by atoms with Gasteiger partial charge in [0.15, 0.2) is 0 Å². The van der Waals surface area contributed by atoms with Crippen LogP contribution in [0.2, 0.25) is 0 Å². The van der Waals surface area contributed by atoms with E-state index in [1.54, 1.807) is 0 Å². The van der Waals surface area contributed by atoms with E-state index in [2.05, 4.69) is 65.4 Å².